The van der Waals surface area contributed by atoms with E-state index in [0.717, 1.165) is 30.5 Å². The predicted molar refractivity (Wildman–Crippen MR) is 167 cm³/mol. The van der Waals surface area contributed by atoms with E-state index in [-0.39, 0.29) is 41.5 Å². The summed E-state index contributed by atoms with van der Waals surface area (Å²) in [6, 6.07) is 16.1. The molecule has 2 N–H and O–H groups in total. The number of benzene rings is 3. The third-order valence-corrected chi connectivity index (χ3v) is 11.0. The first-order chi connectivity index (χ1) is 21.1. The average molecular weight is 646 g/mol. The largest absolute Gasteiger partial charge is 0.381 e. The van der Waals surface area contributed by atoms with Gasteiger partial charge >= 0.3 is 0 Å². The summed E-state index contributed by atoms with van der Waals surface area (Å²) in [5.41, 5.74) is 1.73. The molecule has 2 fully saturated rings. The second-order valence-electron chi connectivity index (χ2n) is 11.6. The van der Waals surface area contributed by atoms with Crippen molar-refractivity contribution < 1.29 is 26.7 Å². The number of rotatable bonds is 10. The molecule has 3 aromatic carbocycles. The molecule has 2 saturated heterocycles. The lowest BCUT2D eigenvalue weighted by atomic mass is 9.79. The molecule has 236 valence electrons. The first-order valence-electron chi connectivity index (χ1n) is 15.0. The van der Waals surface area contributed by atoms with Crippen molar-refractivity contribution in [3.8, 4) is 0 Å². The average Bonchev–Trinajstić information content (AvgIpc) is 3.00. The van der Waals surface area contributed by atoms with Gasteiger partial charge in [-0.05, 0) is 98.5 Å². The zero-order chi connectivity index (χ0) is 31.3. The minimum atomic E-state index is -3.93. The van der Waals surface area contributed by atoms with Gasteiger partial charge in [0.15, 0.2) is 0 Å². The van der Waals surface area contributed by atoms with Gasteiger partial charge in [0.1, 0.15) is 11.6 Å². The summed E-state index contributed by atoms with van der Waals surface area (Å²) in [6.45, 7) is 3.94. The maximum atomic E-state index is 15.3. The molecule has 3 unspecified atom stereocenters. The molecule has 44 heavy (non-hydrogen) atoms. The molecule has 0 bridgehead atoms. The molecule has 2 aliphatic heterocycles. The summed E-state index contributed by atoms with van der Waals surface area (Å²) >= 11 is 6.12. The van der Waals surface area contributed by atoms with Crippen molar-refractivity contribution in [1.29, 1.82) is 0 Å². The number of nitrogens with one attached hydrogen (secondary N) is 2. The summed E-state index contributed by atoms with van der Waals surface area (Å²) < 4.78 is 63.0. The highest BCUT2D eigenvalue weighted by Crippen LogP contribution is 2.36. The normalized spacial score (nSPS) is 20.7. The molecule has 1 amide bonds. The molecule has 3 atom stereocenters. The molecule has 3 aromatic rings. The van der Waals surface area contributed by atoms with Gasteiger partial charge in [0, 0.05) is 61.1 Å². The van der Waals surface area contributed by atoms with Crippen molar-refractivity contribution in [2.75, 3.05) is 31.6 Å². The number of hydrogen-bond donors (Lipinski definition) is 2. The number of nitrogens with zero attached hydrogens (tertiary/aromatic N) is 1. The number of ether oxygens (including phenoxy) is 1. The number of halogens is 3. The van der Waals surface area contributed by atoms with Gasteiger partial charge in [0.05, 0.1) is 4.90 Å². The summed E-state index contributed by atoms with van der Waals surface area (Å²) in [6.07, 6.45) is 2.43. The van der Waals surface area contributed by atoms with Gasteiger partial charge in [0.2, 0.25) is 15.9 Å². The Morgan fingerprint density at radius 2 is 1.75 bits per heavy atom. The quantitative estimate of drug-likeness (QED) is 0.277. The van der Waals surface area contributed by atoms with E-state index < -0.39 is 27.7 Å². The fraction of sp³-hybridized carbons (Fsp3) is 0.424. The standard InChI is InChI=1S/C33H38ClF2N3O4S/c1-22-20-37-21-27(39(22)44(41,42)28-12-9-26(35)10-13-28)11-14-29-31(36)3-2-4-32(29)38-33(40)19-30(24-15-17-43-18-16-24)23-5-7-25(34)8-6-23/h2-10,12-13,22,24,27,30,37H,11,14-21H2,1H3,(H,38,40). The van der Waals surface area contributed by atoms with Gasteiger partial charge in [0.25, 0.3) is 0 Å². The van der Waals surface area contributed by atoms with Crippen molar-refractivity contribution in [3.63, 3.8) is 0 Å². The molecule has 0 spiro atoms. The van der Waals surface area contributed by atoms with Crippen LogP contribution in [0, 0.1) is 17.6 Å². The number of carbonyl (C=O) groups is 1. The zero-order valence-corrected chi connectivity index (χ0v) is 26.2. The fourth-order valence-electron chi connectivity index (χ4n) is 6.42. The van der Waals surface area contributed by atoms with Crippen molar-refractivity contribution in [3.05, 3.63) is 94.5 Å². The van der Waals surface area contributed by atoms with Gasteiger partial charge in [-0.25, -0.2) is 17.2 Å². The lowest BCUT2D eigenvalue weighted by Gasteiger charge is -2.40. The molecule has 0 saturated carbocycles. The Labute approximate surface area is 263 Å². The molecule has 0 radical (unpaired) electrons. The number of sulfonamides is 1. The lowest BCUT2D eigenvalue weighted by Crippen LogP contribution is -2.58. The highest BCUT2D eigenvalue weighted by molar-refractivity contribution is 7.89. The molecular formula is C33H38ClF2N3O4S. The number of carbonyl (C=O) groups excluding carboxylic acids is 1. The SMILES string of the molecule is CC1CNCC(CCc2c(F)cccc2NC(=O)CC(c2ccc(Cl)cc2)C2CCOCC2)N1S(=O)(=O)c1ccc(F)cc1. The Morgan fingerprint density at radius 1 is 1.05 bits per heavy atom. The van der Waals surface area contributed by atoms with Crippen LogP contribution >= 0.6 is 11.6 Å². The minimum absolute atomic E-state index is 0.0104. The first-order valence-corrected chi connectivity index (χ1v) is 16.9. The van der Waals surface area contributed by atoms with Gasteiger partial charge in [-0.1, -0.05) is 29.8 Å². The topological polar surface area (TPSA) is 87.7 Å². The van der Waals surface area contributed by atoms with Crippen LogP contribution in [-0.4, -0.2) is 57.0 Å². The monoisotopic (exact) mass is 645 g/mol. The van der Waals surface area contributed by atoms with Crippen LogP contribution in [0.5, 0.6) is 0 Å². The van der Waals surface area contributed by atoms with Gasteiger partial charge in [-0.15, -0.1) is 0 Å². The molecular weight excluding hydrogens is 608 g/mol. The lowest BCUT2D eigenvalue weighted by molar-refractivity contribution is -0.117. The van der Waals surface area contributed by atoms with E-state index >= 15 is 4.39 Å². The van der Waals surface area contributed by atoms with Crippen LogP contribution in [0.2, 0.25) is 5.02 Å². The molecule has 0 aromatic heterocycles. The van der Waals surface area contributed by atoms with E-state index in [4.69, 9.17) is 16.3 Å². The predicted octanol–water partition coefficient (Wildman–Crippen LogP) is 6.14. The van der Waals surface area contributed by atoms with Crippen molar-refractivity contribution in [1.82, 2.24) is 9.62 Å². The summed E-state index contributed by atoms with van der Waals surface area (Å²) in [4.78, 5) is 13.5. The Bertz CT molecular complexity index is 1530. The molecule has 7 nitrogen and oxygen atoms in total. The highest BCUT2D eigenvalue weighted by Gasteiger charge is 2.38. The van der Waals surface area contributed by atoms with Crippen LogP contribution in [-0.2, 0) is 26.0 Å². The van der Waals surface area contributed by atoms with Crippen molar-refractivity contribution >= 4 is 33.2 Å². The van der Waals surface area contributed by atoms with Crippen LogP contribution in [0.15, 0.2) is 71.6 Å². The second kappa shape index (κ2) is 14.5. The van der Waals surface area contributed by atoms with E-state index in [9.17, 15) is 17.6 Å². The smallest absolute Gasteiger partial charge is 0.243 e. The Morgan fingerprint density at radius 3 is 2.45 bits per heavy atom. The van der Waals surface area contributed by atoms with E-state index in [1.807, 2.05) is 31.2 Å². The molecule has 5 rings (SSSR count). The second-order valence-corrected chi connectivity index (χ2v) is 13.9. The fourth-order valence-corrected chi connectivity index (χ4v) is 8.39. The van der Waals surface area contributed by atoms with Crippen LogP contribution in [0.4, 0.5) is 14.5 Å². The maximum Gasteiger partial charge on any atom is 0.243 e. The summed E-state index contributed by atoms with van der Waals surface area (Å²) in [7, 11) is -3.93. The van der Waals surface area contributed by atoms with Crippen LogP contribution in [0.3, 0.4) is 0 Å². The van der Waals surface area contributed by atoms with Crippen LogP contribution in [0.25, 0.3) is 0 Å². The summed E-state index contributed by atoms with van der Waals surface area (Å²) in [5, 5.41) is 6.85. The first kappa shape index (κ1) is 32.5. The maximum absolute atomic E-state index is 15.3. The molecule has 0 aliphatic carbocycles. The van der Waals surface area contributed by atoms with Crippen LogP contribution in [0.1, 0.15) is 49.7 Å². The number of piperazine rings is 1. The third kappa shape index (κ3) is 7.66. The minimum Gasteiger partial charge on any atom is -0.381 e. The van der Waals surface area contributed by atoms with E-state index in [1.54, 1.807) is 12.1 Å². The van der Waals surface area contributed by atoms with E-state index in [2.05, 4.69) is 10.6 Å². The number of hydrogen-bond acceptors (Lipinski definition) is 5. The van der Waals surface area contributed by atoms with Crippen molar-refractivity contribution in [2.45, 2.75) is 61.9 Å². The molecule has 2 heterocycles. The third-order valence-electron chi connectivity index (χ3n) is 8.66. The molecule has 2 aliphatic rings. The number of anilines is 1. The van der Waals surface area contributed by atoms with E-state index in [0.29, 0.717) is 49.0 Å². The van der Waals surface area contributed by atoms with Gasteiger partial charge in [-0.2, -0.15) is 4.31 Å². The van der Waals surface area contributed by atoms with E-state index in [1.165, 1.54) is 22.5 Å². The van der Waals surface area contributed by atoms with Gasteiger partial charge < -0.3 is 15.4 Å². The highest BCUT2D eigenvalue weighted by atomic mass is 35.5. The summed E-state index contributed by atoms with van der Waals surface area (Å²) in [5.74, 6) is -0.996. The number of amides is 1. The Kier molecular flexibility index (Phi) is 10.7. The Hall–Kier alpha value is -2.89. The van der Waals surface area contributed by atoms with Crippen LogP contribution < -0.4 is 10.6 Å². The molecule has 11 heteroatoms. The zero-order valence-electron chi connectivity index (χ0n) is 24.6. The van der Waals surface area contributed by atoms with Crippen molar-refractivity contribution in [2.24, 2.45) is 5.92 Å². The Balaban J connectivity index is 1.32. The van der Waals surface area contributed by atoms with Gasteiger partial charge in [-0.3, -0.25) is 4.79 Å².